The second-order valence-corrected chi connectivity index (χ2v) is 7.99. The van der Waals surface area contributed by atoms with Gasteiger partial charge in [-0.3, -0.25) is 15.1 Å². The molecule has 1 aliphatic rings. The summed E-state index contributed by atoms with van der Waals surface area (Å²) in [6.45, 7) is 4.16. The molecule has 0 amide bonds. The summed E-state index contributed by atoms with van der Waals surface area (Å²) in [5, 5.41) is 9.84. The Bertz CT molecular complexity index is 1360. The van der Waals surface area contributed by atoms with E-state index >= 15 is 0 Å². The van der Waals surface area contributed by atoms with E-state index in [1.165, 1.54) is 5.69 Å². The van der Waals surface area contributed by atoms with Gasteiger partial charge in [0.15, 0.2) is 0 Å². The molecule has 8 heteroatoms. The van der Waals surface area contributed by atoms with Gasteiger partial charge in [0.2, 0.25) is 0 Å². The number of pyridine rings is 3. The zero-order valence-electron chi connectivity index (χ0n) is 17.2. The highest BCUT2D eigenvalue weighted by molar-refractivity contribution is 5.99. The Kier molecular flexibility index (Phi) is 4.17. The van der Waals surface area contributed by atoms with Crippen LogP contribution in [0, 0.1) is 0 Å². The quantitative estimate of drug-likeness (QED) is 0.474. The Morgan fingerprint density at radius 1 is 0.935 bits per heavy atom. The van der Waals surface area contributed by atoms with E-state index < -0.39 is 0 Å². The SMILES string of the molecule is CN1CCN(c2ccnc3[nH]c(-c4n[nH]c5cnc(-c6cccnc6)cc45)cc23)CC1. The Balaban J connectivity index is 1.44. The Morgan fingerprint density at radius 3 is 2.68 bits per heavy atom. The van der Waals surface area contributed by atoms with Crippen LogP contribution in [0.5, 0.6) is 0 Å². The van der Waals surface area contributed by atoms with E-state index in [1.54, 1.807) is 6.20 Å². The molecule has 0 saturated carbocycles. The fraction of sp³-hybridized carbons (Fsp3) is 0.217. The van der Waals surface area contributed by atoms with Gasteiger partial charge in [0, 0.05) is 66.8 Å². The van der Waals surface area contributed by atoms with Gasteiger partial charge < -0.3 is 14.8 Å². The highest BCUT2D eigenvalue weighted by atomic mass is 15.2. The van der Waals surface area contributed by atoms with Crippen LogP contribution in [0.15, 0.2) is 55.1 Å². The fourth-order valence-electron chi connectivity index (χ4n) is 4.26. The number of nitrogens with zero attached hydrogens (tertiary/aromatic N) is 6. The van der Waals surface area contributed by atoms with Gasteiger partial charge in [0.25, 0.3) is 0 Å². The van der Waals surface area contributed by atoms with Crippen molar-refractivity contribution < 1.29 is 0 Å². The largest absolute Gasteiger partial charge is 0.368 e. The van der Waals surface area contributed by atoms with Gasteiger partial charge in [-0.05, 0) is 37.4 Å². The predicted molar refractivity (Wildman–Crippen MR) is 122 cm³/mol. The van der Waals surface area contributed by atoms with Crippen molar-refractivity contribution in [2.45, 2.75) is 0 Å². The van der Waals surface area contributed by atoms with Crippen molar-refractivity contribution in [1.29, 1.82) is 0 Å². The average Bonchev–Trinajstić information content (AvgIpc) is 3.43. The van der Waals surface area contributed by atoms with Crippen LogP contribution in [0.2, 0.25) is 0 Å². The van der Waals surface area contributed by atoms with Gasteiger partial charge in [-0.25, -0.2) is 4.98 Å². The lowest BCUT2D eigenvalue weighted by molar-refractivity contribution is 0.313. The summed E-state index contributed by atoms with van der Waals surface area (Å²) in [5.41, 5.74) is 6.65. The molecule has 6 heterocycles. The highest BCUT2D eigenvalue weighted by Gasteiger charge is 2.19. The number of aromatic amines is 2. The van der Waals surface area contributed by atoms with Crippen molar-refractivity contribution in [1.82, 2.24) is 35.0 Å². The standard InChI is InChI=1S/C23H22N8/c1-30-7-9-31(10-8-30)21-4-6-25-23-17(21)12-19(27-23)22-16-11-18(15-3-2-5-24-13-15)26-14-20(16)28-29-22/h2-6,11-14H,7-10H2,1H3,(H,25,27)(H,28,29). The third kappa shape index (κ3) is 3.12. The summed E-state index contributed by atoms with van der Waals surface area (Å²) in [6, 6.07) is 10.3. The van der Waals surface area contributed by atoms with Crippen molar-refractivity contribution in [3.8, 4) is 22.6 Å². The Morgan fingerprint density at radius 2 is 1.84 bits per heavy atom. The molecule has 0 aliphatic carbocycles. The highest BCUT2D eigenvalue weighted by Crippen LogP contribution is 2.33. The fourth-order valence-corrected chi connectivity index (χ4v) is 4.26. The zero-order valence-corrected chi connectivity index (χ0v) is 17.2. The lowest BCUT2D eigenvalue weighted by Crippen LogP contribution is -2.44. The molecule has 0 radical (unpaired) electrons. The Hall–Kier alpha value is -3.78. The number of piperazine rings is 1. The first-order valence-corrected chi connectivity index (χ1v) is 10.4. The minimum Gasteiger partial charge on any atom is -0.368 e. The van der Waals surface area contributed by atoms with Gasteiger partial charge >= 0.3 is 0 Å². The molecular formula is C23H22N8. The molecule has 0 aromatic carbocycles. The lowest BCUT2D eigenvalue weighted by atomic mass is 10.1. The van der Waals surface area contributed by atoms with Crippen LogP contribution in [0.4, 0.5) is 5.69 Å². The van der Waals surface area contributed by atoms with Crippen molar-refractivity contribution in [2.75, 3.05) is 38.1 Å². The maximum absolute atomic E-state index is 4.59. The molecule has 1 saturated heterocycles. The number of rotatable bonds is 3. The molecule has 1 aliphatic heterocycles. The van der Waals surface area contributed by atoms with Crippen molar-refractivity contribution in [3.05, 3.63) is 55.1 Å². The molecule has 8 nitrogen and oxygen atoms in total. The molecule has 2 N–H and O–H groups in total. The van der Waals surface area contributed by atoms with E-state index in [0.717, 1.165) is 70.8 Å². The second-order valence-electron chi connectivity index (χ2n) is 7.99. The minimum absolute atomic E-state index is 0.866. The van der Waals surface area contributed by atoms with Gasteiger partial charge in [-0.15, -0.1) is 0 Å². The predicted octanol–water partition coefficient (Wildman–Crippen LogP) is 3.32. The first kappa shape index (κ1) is 18.0. The van der Waals surface area contributed by atoms with E-state index in [4.69, 9.17) is 0 Å². The van der Waals surface area contributed by atoms with E-state index in [1.807, 2.05) is 30.7 Å². The van der Waals surface area contributed by atoms with Crippen molar-refractivity contribution in [2.24, 2.45) is 0 Å². The molecule has 5 aromatic heterocycles. The molecule has 0 spiro atoms. The number of anilines is 1. The lowest BCUT2D eigenvalue weighted by Gasteiger charge is -2.34. The van der Waals surface area contributed by atoms with Gasteiger partial charge in [0.05, 0.1) is 23.1 Å². The summed E-state index contributed by atoms with van der Waals surface area (Å²) < 4.78 is 0. The summed E-state index contributed by atoms with van der Waals surface area (Å²) in [7, 11) is 2.17. The van der Waals surface area contributed by atoms with E-state index in [9.17, 15) is 0 Å². The van der Waals surface area contributed by atoms with Gasteiger partial charge in [-0.2, -0.15) is 5.10 Å². The maximum Gasteiger partial charge on any atom is 0.139 e. The molecule has 1 fully saturated rings. The summed E-state index contributed by atoms with van der Waals surface area (Å²) >= 11 is 0. The Labute approximate surface area is 179 Å². The van der Waals surface area contributed by atoms with E-state index in [0.29, 0.717) is 0 Å². The third-order valence-electron chi connectivity index (χ3n) is 6.01. The first-order valence-electron chi connectivity index (χ1n) is 10.4. The molecular weight excluding hydrogens is 388 g/mol. The topological polar surface area (TPSA) is 89.6 Å². The van der Waals surface area contributed by atoms with E-state index in [-0.39, 0.29) is 0 Å². The van der Waals surface area contributed by atoms with Crippen LogP contribution in [0.25, 0.3) is 44.6 Å². The second kappa shape index (κ2) is 7.17. The van der Waals surface area contributed by atoms with Crippen LogP contribution >= 0.6 is 0 Å². The maximum atomic E-state index is 4.59. The monoisotopic (exact) mass is 410 g/mol. The molecule has 0 unspecified atom stereocenters. The number of hydrogen-bond acceptors (Lipinski definition) is 6. The molecule has 5 aromatic rings. The number of likely N-dealkylation sites (N-methyl/N-ethyl adjacent to an activating group) is 1. The van der Waals surface area contributed by atoms with Crippen LogP contribution in [0.3, 0.4) is 0 Å². The van der Waals surface area contributed by atoms with E-state index in [2.05, 4.69) is 65.2 Å². The summed E-state index contributed by atoms with van der Waals surface area (Å²) in [5.74, 6) is 0. The third-order valence-corrected chi connectivity index (χ3v) is 6.01. The van der Waals surface area contributed by atoms with Crippen LogP contribution in [-0.4, -0.2) is 68.3 Å². The average molecular weight is 410 g/mol. The first-order chi connectivity index (χ1) is 15.3. The van der Waals surface area contributed by atoms with Gasteiger partial charge in [0.1, 0.15) is 11.3 Å². The van der Waals surface area contributed by atoms with Crippen LogP contribution in [-0.2, 0) is 0 Å². The number of H-pyrrole nitrogens is 2. The van der Waals surface area contributed by atoms with Crippen LogP contribution < -0.4 is 4.90 Å². The molecule has 0 bridgehead atoms. The zero-order chi connectivity index (χ0) is 20.8. The number of aromatic nitrogens is 6. The van der Waals surface area contributed by atoms with Crippen LogP contribution in [0.1, 0.15) is 0 Å². The number of hydrogen-bond donors (Lipinski definition) is 2. The smallest absolute Gasteiger partial charge is 0.139 e. The molecule has 154 valence electrons. The summed E-state index contributed by atoms with van der Waals surface area (Å²) in [6.07, 6.45) is 7.29. The molecule has 0 atom stereocenters. The minimum atomic E-state index is 0.866. The normalized spacial score (nSPS) is 15.2. The van der Waals surface area contributed by atoms with Gasteiger partial charge in [-0.1, -0.05) is 0 Å². The molecule has 6 rings (SSSR count). The molecule has 31 heavy (non-hydrogen) atoms. The summed E-state index contributed by atoms with van der Waals surface area (Å²) in [4.78, 5) is 21.6. The number of fused-ring (bicyclic) bond motifs is 2. The van der Waals surface area contributed by atoms with Crippen molar-refractivity contribution >= 4 is 27.6 Å². The number of nitrogens with one attached hydrogen (secondary N) is 2. The van der Waals surface area contributed by atoms with Crippen molar-refractivity contribution in [3.63, 3.8) is 0 Å².